The second-order valence-corrected chi connectivity index (χ2v) is 5.08. The van der Waals surface area contributed by atoms with Crippen molar-refractivity contribution >= 4 is 18.3 Å². The predicted molar refractivity (Wildman–Crippen MR) is 76.1 cm³/mol. The Morgan fingerprint density at radius 2 is 2.05 bits per heavy atom. The molecule has 1 aromatic rings. The fraction of sp³-hybridized carbons (Fsp3) is 0.500. The van der Waals surface area contributed by atoms with Gasteiger partial charge in [-0.25, -0.2) is 4.39 Å². The van der Waals surface area contributed by atoms with Gasteiger partial charge in [0.25, 0.3) is 5.91 Å². The quantitative estimate of drug-likeness (QED) is 0.897. The van der Waals surface area contributed by atoms with E-state index in [1.54, 1.807) is 19.1 Å². The first-order valence-corrected chi connectivity index (χ1v) is 6.36. The van der Waals surface area contributed by atoms with Gasteiger partial charge in [0, 0.05) is 6.54 Å². The van der Waals surface area contributed by atoms with Crippen molar-refractivity contribution in [3.63, 3.8) is 0 Å². The molecule has 0 saturated heterocycles. The van der Waals surface area contributed by atoms with E-state index in [0.717, 1.165) is 25.7 Å². The SMILES string of the molecule is Cc1cccc(C(=O)NC2(CN)CCCC2)c1F.Cl. The van der Waals surface area contributed by atoms with Crippen molar-refractivity contribution in [2.45, 2.75) is 38.1 Å². The Kier molecular flexibility index (Phi) is 5.32. The molecule has 0 atom stereocenters. The molecule has 0 radical (unpaired) electrons. The number of hydrogen-bond acceptors (Lipinski definition) is 2. The molecule has 3 nitrogen and oxygen atoms in total. The summed E-state index contributed by atoms with van der Waals surface area (Å²) < 4.78 is 13.9. The molecule has 0 aromatic heterocycles. The number of carbonyl (C=O) groups is 1. The van der Waals surface area contributed by atoms with Crippen LogP contribution >= 0.6 is 12.4 Å². The summed E-state index contributed by atoms with van der Waals surface area (Å²) in [5.74, 6) is -0.802. The van der Waals surface area contributed by atoms with E-state index < -0.39 is 5.82 Å². The molecule has 0 spiro atoms. The highest BCUT2D eigenvalue weighted by atomic mass is 35.5. The van der Waals surface area contributed by atoms with Crippen LogP contribution < -0.4 is 11.1 Å². The first-order chi connectivity index (χ1) is 8.58. The number of nitrogens with one attached hydrogen (secondary N) is 1. The third kappa shape index (κ3) is 3.25. The van der Waals surface area contributed by atoms with Gasteiger partial charge in [0.2, 0.25) is 0 Å². The second kappa shape index (κ2) is 6.35. The van der Waals surface area contributed by atoms with Crippen LogP contribution in [-0.4, -0.2) is 18.0 Å². The van der Waals surface area contributed by atoms with Crippen LogP contribution in [0.15, 0.2) is 18.2 Å². The van der Waals surface area contributed by atoms with Crippen LogP contribution in [0.5, 0.6) is 0 Å². The Morgan fingerprint density at radius 1 is 1.42 bits per heavy atom. The molecule has 0 heterocycles. The van der Waals surface area contributed by atoms with Gasteiger partial charge < -0.3 is 11.1 Å². The van der Waals surface area contributed by atoms with Gasteiger partial charge in [0.1, 0.15) is 5.82 Å². The third-order valence-electron chi connectivity index (χ3n) is 3.77. The Labute approximate surface area is 119 Å². The van der Waals surface area contributed by atoms with E-state index in [4.69, 9.17) is 5.73 Å². The van der Waals surface area contributed by atoms with Gasteiger partial charge in [-0.05, 0) is 31.4 Å². The maximum atomic E-state index is 13.9. The lowest BCUT2D eigenvalue weighted by Gasteiger charge is -2.28. The van der Waals surface area contributed by atoms with Crippen molar-refractivity contribution in [1.82, 2.24) is 5.32 Å². The number of carbonyl (C=O) groups excluding carboxylic acids is 1. The van der Waals surface area contributed by atoms with Crippen LogP contribution in [0, 0.1) is 12.7 Å². The number of nitrogens with two attached hydrogens (primary N) is 1. The minimum atomic E-state index is -0.444. The lowest BCUT2D eigenvalue weighted by molar-refractivity contribution is 0.0899. The summed E-state index contributed by atoms with van der Waals surface area (Å²) in [6.07, 6.45) is 3.88. The maximum absolute atomic E-state index is 13.9. The van der Waals surface area contributed by atoms with E-state index in [0.29, 0.717) is 12.1 Å². The Morgan fingerprint density at radius 3 is 2.63 bits per heavy atom. The van der Waals surface area contributed by atoms with Crippen LogP contribution in [0.1, 0.15) is 41.6 Å². The molecule has 1 saturated carbocycles. The summed E-state index contributed by atoms with van der Waals surface area (Å²) in [4.78, 5) is 12.1. The van der Waals surface area contributed by atoms with Gasteiger partial charge >= 0.3 is 0 Å². The lowest BCUT2D eigenvalue weighted by Crippen LogP contribution is -2.51. The molecule has 19 heavy (non-hydrogen) atoms. The highest BCUT2D eigenvalue weighted by Crippen LogP contribution is 2.29. The molecule has 2 rings (SSSR count). The van der Waals surface area contributed by atoms with Gasteiger partial charge in [-0.3, -0.25) is 4.79 Å². The molecule has 1 aliphatic carbocycles. The fourth-order valence-electron chi connectivity index (χ4n) is 2.56. The van der Waals surface area contributed by atoms with Crippen molar-refractivity contribution in [3.8, 4) is 0 Å². The Bertz CT molecular complexity index is 459. The van der Waals surface area contributed by atoms with E-state index in [2.05, 4.69) is 5.32 Å². The topological polar surface area (TPSA) is 55.1 Å². The molecule has 1 fully saturated rings. The monoisotopic (exact) mass is 286 g/mol. The van der Waals surface area contributed by atoms with Crippen LogP contribution in [0.4, 0.5) is 4.39 Å². The molecule has 5 heteroatoms. The number of halogens is 2. The van der Waals surface area contributed by atoms with Gasteiger partial charge in [-0.1, -0.05) is 25.0 Å². The highest BCUT2D eigenvalue weighted by molar-refractivity contribution is 5.95. The Balaban J connectivity index is 0.00000180. The van der Waals surface area contributed by atoms with E-state index in [1.807, 2.05) is 0 Å². The number of benzene rings is 1. The first-order valence-electron chi connectivity index (χ1n) is 6.36. The zero-order valence-electron chi connectivity index (χ0n) is 11.0. The summed E-state index contributed by atoms with van der Waals surface area (Å²) in [7, 11) is 0. The average Bonchev–Trinajstić information content (AvgIpc) is 2.81. The predicted octanol–water partition coefficient (Wildman–Crippen LogP) is 2.56. The molecular weight excluding hydrogens is 267 g/mol. The normalized spacial score (nSPS) is 16.8. The Hall–Kier alpha value is -1.13. The molecule has 1 aliphatic rings. The summed E-state index contributed by atoms with van der Waals surface area (Å²) >= 11 is 0. The zero-order chi connectivity index (χ0) is 13.2. The molecule has 1 aromatic carbocycles. The minimum absolute atomic E-state index is 0. The van der Waals surface area contributed by atoms with Gasteiger partial charge in [0.15, 0.2) is 0 Å². The van der Waals surface area contributed by atoms with Gasteiger partial charge in [-0.15, -0.1) is 12.4 Å². The minimum Gasteiger partial charge on any atom is -0.345 e. The smallest absolute Gasteiger partial charge is 0.254 e. The van der Waals surface area contributed by atoms with Crippen molar-refractivity contribution in [1.29, 1.82) is 0 Å². The molecule has 0 bridgehead atoms. The van der Waals surface area contributed by atoms with E-state index >= 15 is 0 Å². The van der Waals surface area contributed by atoms with Crippen LogP contribution in [-0.2, 0) is 0 Å². The van der Waals surface area contributed by atoms with Gasteiger partial charge in [-0.2, -0.15) is 0 Å². The number of amides is 1. The summed E-state index contributed by atoms with van der Waals surface area (Å²) in [5, 5.41) is 2.92. The summed E-state index contributed by atoms with van der Waals surface area (Å²) in [5.41, 5.74) is 6.00. The van der Waals surface area contributed by atoms with Crippen LogP contribution in [0.25, 0.3) is 0 Å². The summed E-state index contributed by atoms with van der Waals surface area (Å²) in [6, 6.07) is 4.86. The molecular formula is C14H20ClFN2O. The zero-order valence-corrected chi connectivity index (χ0v) is 11.9. The first kappa shape index (κ1) is 15.9. The fourth-order valence-corrected chi connectivity index (χ4v) is 2.56. The molecule has 106 valence electrons. The standard InChI is InChI=1S/C14H19FN2O.ClH/c1-10-5-4-6-11(12(10)15)13(18)17-14(9-16)7-2-3-8-14;/h4-6H,2-3,7-9,16H2,1H3,(H,17,18);1H. The van der Waals surface area contributed by atoms with Crippen molar-refractivity contribution in [2.24, 2.45) is 5.73 Å². The van der Waals surface area contributed by atoms with E-state index in [9.17, 15) is 9.18 Å². The third-order valence-corrected chi connectivity index (χ3v) is 3.77. The molecule has 3 N–H and O–H groups in total. The van der Waals surface area contributed by atoms with Crippen molar-refractivity contribution < 1.29 is 9.18 Å². The molecule has 0 unspecified atom stereocenters. The van der Waals surface area contributed by atoms with Gasteiger partial charge in [0.05, 0.1) is 11.1 Å². The second-order valence-electron chi connectivity index (χ2n) is 5.08. The van der Waals surface area contributed by atoms with Crippen LogP contribution in [0.3, 0.4) is 0 Å². The number of aryl methyl sites for hydroxylation is 1. The lowest BCUT2D eigenvalue weighted by atomic mass is 9.97. The number of hydrogen-bond donors (Lipinski definition) is 2. The number of rotatable bonds is 3. The summed E-state index contributed by atoms with van der Waals surface area (Å²) in [6.45, 7) is 2.06. The maximum Gasteiger partial charge on any atom is 0.254 e. The van der Waals surface area contributed by atoms with E-state index in [-0.39, 0.29) is 29.4 Å². The highest BCUT2D eigenvalue weighted by Gasteiger charge is 2.34. The molecule has 0 aliphatic heterocycles. The molecule has 1 amide bonds. The van der Waals surface area contributed by atoms with E-state index in [1.165, 1.54) is 6.07 Å². The van der Waals surface area contributed by atoms with Crippen molar-refractivity contribution in [2.75, 3.05) is 6.54 Å². The largest absolute Gasteiger partial charge is 0.345 e. The van der Waals surface area contributed by atoms with Crippen molar-refractivity contribution in [3.05, 3.63) is 35.1 Å². The average molecular weight is 287 g/mol. The van der Waals surface area contributed by atoms with Crippen LogP contribution in [0.2, 0.25) is 0 Å².